The number of aliphatic hydroxyl groups is 1. The van der Waals surface area contributed by atoms with E-state index in [9.17, 15) is 4.79 Å². The molecule has 52 valence electrons. The number of hydrogen-bond donors (Lipinski definition) is 1. The molecule has 0 spiro atoms. The first-order valence-corrected chi connectivity index (χ1v) is 2.89. The van der Waals surface area contributed by atoms with E-state index in [0.29, 0.717) is 12.0 Å². The largest absolute Gasteiger partial charge is 0.379 e. The summed E-state index contributed by atoms with van der Waals surface area (Å²) in [5, 5.41) is 8.90. The highest BCUT2D eigenvalue weighted by atomic mass is 16.3. The summed E-state index contributed by atoms with van der Waals surface area (Å²) in [6, 6.07) is 5.04. The van der Waals surface area contributed by atoms with E-state index in [0.717, 1.165) is 0 Å². The molecule has 1 rings (SSSR count). The van der Waals surface area contributed by atoms with Crippen molar-refractivity contribution in [3.63, 3.8) is 0 Å². The zero-order valence-corrected chi connectivity index (χ0v) is 5.27. The quantitative estimate of drug-likeness (QED) is 0.597. The molecule has 0 fully saturated rings. The molecule has 10 heavy (non-hydrogen) atoms. The smallest absolute Gasteiger partial charge is 0.154 e. The first-order valence-electron chi connectivity index (χ1n) is 2.89. The lowest BCUT2D eigenvalue weighted by atomic mass is 10.2. The van der Waals surface area contributed by atoms with Crippen LogP contribution in [0.15, 0.2) is 24.4 Å². The molecular formula is C7H7NO2. The van der Waals surface area contributed by atoms with E-state index in [1.807, 2.05) is 0 Å². The molecule has 3 heteroatoms. The Kier molecular flexibility index (Phi) is 2.12. The lowest BCUT2D eigenvalue weighted by Gasteiger charge is -1.98. The predicted molar refractivity (Wildman–Crippen MR) is 35.3 cm³/mol. The minimum atomic E-state index is -1.08. The molecule has 0 amide bonds. The highest BCUT2D eigenvalue weighted by Gasteiger charge is 2.03. The van der Waals surface area contributed by atoms with Gasteiger partial charge >= 0.3 is 0 Å². The van der Waals surface area contributed by atoms with Crippen molar-refractivity contribution >= 4 is 6.29 Å². The molecule has 3 nitrogen and oxygen atoms in total. The molecule has 0 saturated carbocycles. The normalized spacial score (nSPS) is 12.5. The second kappa shape index (κ2) is 3.08. The van der Waals surface area contributed by atoms with Gasteiger partial charge in [0, 0.05) is 6.20 Å². The van der Waals surface area contributed by atoms with Crippen LogP contribution in [0.1, 0.15) is 11.8 Å². The van der Waals surface area contributed by atoms with E-state index in [2.05, 4.69) is 4.98 Å². The van der Waals surface area contributed by atoms with Crippen LogP contribution in [0, 0.1) is 0 Å². The van der Waals surface area contributed by atoms with Gasteiger partial charge in [-0.05, 0) is 12.1 Å². The Labute approximate surface area is 58.3 Å². The number of carbonyl (C=O) groups excluding carboxylic acids is 1. The summed E-state index contributed by atoms with van der Waals surface area (Å²) < 4.78 is 0. The topological polar surface area (TPSA) is 50.2 Å². The number of rotatable bonds is 2. The van der Waals surface area contributed by atoms with E-state index in [4.69, 9.17) is 5.11 Å². The summed E-state index contributed by atoms with van der Waals surface area (Å²) in [7, 11) is 0. The molecule has 0 aliphatic heterocycles. The Balaban J connectivity index is 2.84. The Bertz CT molecular complexity index is 210. The summed E-state index contributed by atoms with van der Waals surface area (Å²) >= 11 is 0. The van der Waals surface area contributed by atoms with Crippen LogP contribution in [0.5, 0.6) is 0 Å². The summed E-state index contributed by atoms with van der Waals surface area (Å²) in [5.41, 5.74) is 0.387. The molecule has 0 aliphatic carbocycles. The highest BCUT2D eigenvalue weighted by Crippen LogP contribution is 2.03. The molecule has 1 heterocycles. The van der Waals surface area contributed by atoms with Crippen LogP contribution in [0.2, 0.25) is 0 Å². The Hall–Kier alpha value is -1.22. The third-order valence-corrected chi connectivity index (χ3v) is 1.12. The lowest BCUT2D eigenvalue weighted by molar-refractivity contribution is -0.115. The molecule has 1 aromatic rings. The predicted octanol–water partition coefficient (Wildman–Crippen LogP) is 0.314. The molecule has 0 aromatic carbocycles. The zero-order valence-electron chi connectivity index (χ0n) is 5.27. The summed E-state index contributed by atoms with van der Waals surface area (Å²) in [6.45, 7) is 0. The van der Waals surface area contributed by atoms with Crippen molar-refractivity contribution < 1.29 is 9.90 Å². The van der Waals surface area contributed by atoms with E-state index < -0.39 is 6.10 Å². The molecule has 0 radical (unpaired) electrons. The maximum atomic E-state index is 10.0. The number of aromatic nitrogens is 1. The third-order valence-electron chi connectivity index (χ3n) is 1.12. The summed E-state index contributed by atoms with van der Waals surface area (Å²) in [6.07, 6.45) is 0.894. The molecule has 1 aromatic heterocycles. The zero-order chi connectivity index (χ0) is 7.40. The SMILES string of the molecule is O=CC(O)c1ccccn1. The van der Waals surface area contributed by atoms with Crippen LogP contribution < -0.4 is 0 Å². The van der Waals surface area contributed by atoms with Crippen LogP contribution in [0.25, 0.3) is 0 Å². The van der Waals surface area contributed by atoms with Gasteiger partial charge in [-0.3, -0.25) is 4.98 Å². The van der Waals surface area contributed by atoms with E-state index in [-0.39, 0.29) is 0 Å². The van der Waals surface area contributed by atoms with Gasteiger partial charge in [-0.2, -0.15) is 0 Å². The number of pyridine rings is 1. The van der Waals surface area contributed by atoms with Crippen molar-refractivity contribution in [2.45, 2.75) is 6.10 Å². The van der Waals surface area contributed by atoms with E-state index >= 15 is 0 Å². The molecule has 0 saturated heterocycles. The van der Waals surface area contributed by atoms with Gasteiger partial charge in [0.25, 0.3) is 0 Å². The van der Waals surface area contributed by atoms with Crippen molar-refractivity contribution in [3.8, 4) is 0 Å². The van der Waals surface area contributed by atoms with Crippen molar-refractivity contribution in [2.24, 2.45) is 0 Å². The van der Waals surface area contributed by atoms with Crippen molar-refractivity contribution in [1.29, 1.82) is 0 Å². The van der Waals surface area contributed by atoms with Crippen molar-refractivity contribution in [2.75, 3.05) is 0 Å². The Morgan fingerprint density at radius 1 is 1.60 bits per heavy atom. The average Bonchev–Trinajstić information content (AvgIpc) is 2.05. The average molecular weight is 137 g/mol. The second-order valence-electron chi connectivity index (χ2n) is 1.84. The van der Waals surface area contributed by atoms with Gasteiger partial charge in [-0.1, -0.05) is 6.07 Å². The summed E-state index contributed by atoms with van der Waals surface area (Å²) in [4.78, 5) is 13.8. The van der Waals surface area contributed by atoms with Crippen LogP contribution in [0.3, 0.4) is 0 Å². The van der Waals surface area contributed by atoms with Crippen LogP contribution in [-0.2, 0) is 4.79 Å². The fourth-order valence-electron chi connectivity index (χ4n) is 0.621. The monoisotopic (exact) mass is 137 g/mol. The Morgan fingerprint density at radius 3 is 2.90 bits per heavy atom. The number of nitrogens with zero attached hydrogens (tertiary/aromatic N) is 1. The lowest BCUT2D eigenvalue weighted by Crippen LogP contribution is -1.99. The number of aliphatic hydroxyl groups excluding tert-OH is 1. The minimum Gasteiger partial charge on any atom is -0.379 e. The molecule has 1 N–H and O–H groups in total. The number of aldehydes is 1. The second-order valence-corrected chi connectivity index (χ2v) is 1.84. The van der Waals surface area contributed by atoms with Crippen LogP contribution >= 0.6 is 0 Å². The highest BCUT2D eigenvalue weighted by molar-refractivity contribution is 5.57. The molecule has 1 atom stereocenters. The van der Waals surface area contributed by atoms with Gasteiger partial charge in [-0.25, -0.2) is 0 Å². The van der Waals surface area contributed by atoms with Gasteiger partial charge in [0.2, 0.25) is 0 Å². The van der Waals surface area contributed by atoms with E-state index in [1.54, 1.807) is 18.2 Å². The van der Waals surface area contributed by atoms with Crippen LogP contribution in [0.4, 0.5) is 0 Å². The van der Waals surface area contributed by atoms with Gasteiger partial charge in [0.05, 0.1) is 5.69 Å². The van der Waals surface area contributed by atoms with Gasteiger partial charge < -0.3 is 9.90 Å². The minimum absolute atomic E-state index is 0.387. The molecular weight excluding hydrogens is 130 g/mol. The Morgan fingerprint density at radius 2 is 2.40 bits per heavy atom. The third kappa shape index (κ3) is 1.39. The van der Waals surface area contributed by atoms with E-state index in [1.165, 1.54) is 6.20 Å². The molecule has 0 aliphatic rings. The first kappa shape index (κ1) is 6.89. The standard InChI is InChI=1S/C7H7NO2/c9-5-7(10)6-3-1-2-4-8-6/h1-5,7,10H. The molecule has 1 unspecified atom stereocenters. The maximum Gasteiger partial charge on any atom is 0.154 e. The van der Waals surface area contributed by atoms with Crippen molar-refractivity contribution in [3.05, 3.63) is 30.1 Å². The molecule has 0 bridgehead atoms. The fourth-order valence-corrected chi connectivity index (χ4v) is 0.621. The number of carbonyl (C=O) groups is 1. The maximum absolute atomic E-state index is 10.0. The van der Waals surface area contributed by atoms with Crippen molar-refractivity contribution in [1.82, 2.24) is 4.98 Å². The van der Waals surface area contributed by atoms with Gasteiger partial charge in [-0.15, -0.1) is 0 Å². The van der Waals surface area contributed by atoms with Gasteiger partial charge in [0.15, 0.2) is 12.4 Å². The fraction of sp³-hybridized carbons (Fsp3) is 0.143. The first-order chi connectivity index (χ1) is 4.84. The van der Waals surface area contributed by atoms with Crippen LogP contribution in [-0.4, -0.2) is 16.4 Å². The van der Waals surface area contributed by atoms with Gasteiger partial charge in [0.1, 0.15) is 0 Å². The summed E-state index contributed by atoms with van der Waals surface area (Å²) in [5.74, 6) is 0. The number of hydrogen-bond acceptors (Lipinski definition) is 3.